The van der Waals surface area contributed by atoms with Gasteiger partial charge in [0.1, 0.15) is 12.0 Å². The van der Waals surface area contributed by atoms with Crippen LogP contribution in [0.2, 0.25) is 0 Å². The van der Waals surface area contributed by atoms with Gasteiger partial charge in [-0.3, -0.25) is 0 Å². The first-order valence-electron chi connectivity index (χ1n) is 6.11. The van der Waals surface area contributed by atoms with Crippen molar-refractivity contribution in [1.82, 2.24) is 5.16 Å². The van der Waals surface area contributed by atoms with Gasteiger partial charge in [0, 0.05) is 6.07 Å². The Labute approximate surface area is 115 Å². The Morgan fingerprint density at radius 2 is 1.75 bits per heavy atom. The molecule has 0 unspecified atom stereocenters. The van der Waals surface area contributed by atoms with E-state index in [2.05, 4.69) is 9.68 Å². The van der Waals surface area contributed by atoms with Crippen LogP contribution in [0.25, 0.3) is 11.1 Å². The molecule has 0 saturated carbocycles. The number of ether oxygens (including phenoxy) is 1. The lowest BCUT2D eigenvalue weighted by Crippen LogP contribution is -2.08. The molecule has 3 aromatic rings. The fourth-order valence-corrected chi connectivity index (χ4v) is 1.85. The summed E-state index contributed by atoms with van der Waals surface area (Å²) in [4.78, 5) is 11.8. The standard InChI is InChI=1S/C16H11NO3/c18-16(15-9-10-19-17-15)20-14-8-4-7-13(11-14)12-5-2-1-3-6-12/h1-11H. The van der Waals surface area contributed by atoms with Crippen molar-refractivity contribution in [2.75, 3.05) is 0 Å². The minimum Gasteiger partial charge on any atom is -0.422 e. The van der Waals surface area contributed by atoms with Gasteiger partial charge in [0.15, 0.2) is 5.69 Å². The lowest BCUT2D eigenvalue weighted by molar-refractivity contribution is 0.0724. The summed E-state index contributed by atoms with van der Waals surface area (Å²) in [6, 6.07) is 18.7. The molecule has 0 N–H and O–H groups in total. The lowest BCUT2D eigenvalue weighted by Gasteiger charge is -2.05. The van der Waals surface area contributed by atoms with Crippen LogP contribution in [0.5, 0.6) is 5.75 Å². The maximum atomic E-state index is 11.8. The molecular formula is C16H11NO3. The van der Waals surface area contributed by atoms with Crippen molar-refractivity contribution in [3.05, 3.63) is 72.6 Å². The van der Waals surface area contributed by atoms with Crippen molar-refractivity contribution in [1.29, 1.82) is 0 Å². The van der Waals surface area contributed by atoms with Crippen LogP contribution in [0.4, 0.5) is 0 Å². The van der Waals surface area contributed by atoms with Gasteiger partial charge >= 0.3 is 5.97 Å². The molecule has 1 heterocycles. The zero-order valence-electron chi connectivity index (χ0n) is 10.5. The van der Waals surface area contributed by atoms with E-state index in [1.54, 1.807) is 6.07 Å². The monoisotopic (exact) mass is 265 g/mol. The molecule has 0 saturated heterocycles. The number of benzene rings is 2. The minimum absolute atomic E-state index is 0.148. The summed E-state index contributed by atoms with van der Waals surface area (Å²) in [6.07, 6.45) is 1.33. The third-order valence-electron chi connectivity index (χ3n) is 2.80. The number of nitrogens with zero attached hydrogens (tertiary/aromatic N) is 1. The fourth-order valence-electron chi connectivity index (χ4n) is 1.85. The highest BCUT2D eigenvalue weighted by Crippen LogP contribution is 2.24. The van der Waals surface area contributed by atoms with Crippen molar-refractivity contribution in [3.8, 4) is 16.9 Å². The van der Waals surface area contributed by atoms with Gasteiger partial charge in [-0.05, 0) is 23.3 Å². The summed E-state index contributed by atoms with van der Waals surface area (Å²) in [5.74, 6) is -0.0664. The maximum Gasteiger partial charge on any atom is 0.365 e. The Balaban J connectivity index is 1.83. The number of aromatic nitrogens is 1. The Kier molecular flexibility index (Phi) is 3.29. The number of hydrogen-bond acceptors (Lipinski definition) is 4. The van der Waals surface area contributed by atoms with E-state index >= 15 is 0 Å². The average Bonchev–Trinajstić information content (AvgIpc) is 3.03. The molecule has 0 aliphatic carbocycles. The van der Waals surface area contributed by atoms with E-state index < -0.39 is 5.97 Å². The molecule has 0 fully saturated rings. The van der Waals surface area contributed by atoms with E-state index in [9.17, 15) is 4.79 Å². The van der Waals surface area contributed by atoms with Crippen LogP contribution in [-0.2, 0) is 0 Å². The van der Waals surface area contributed by atoms with Crippen LogP contribution >= 0.6 is 0 Å². The molecule has 1 aromatic heterocycles. The molecule has 0 atom stereocenters. The van der Waals surface area contributed by atoms with Gasteiger partial charge in [-0.25, -0.2) is 4.79 Å². The number of carbonyl (C=O) groups is 1. The summed E-state index contributed by atoms with van der Waals surface area (Å²) in [5, 5.41) is 3.54. The molecule has 0 bridgehead atoms. The SMILES string of the molecule is O=C(Oc1cccc(-c2ccccc2)c1)c1ccon1. The predicted octanol–water partition coefficient (Wildman–Crippen LogP) is 3.56. The molecule has 4 nitrogen and oxygen atoms in total. The molecule has 98 valence electrons. The second-order valence-electron chi connectivity index (χ2n) is 4.17. The third-order valence-corrected chi connectivity index (χ3v) is 2.80. The van der Waals surface area contributed by atoms with Crippen molar-refractivity contribution < 1.29 is 14.1 Å². The largest absolute Gasteiger partial charge is 0.422 e. The Morgan fingerprint density at radius 1 is 0.950 bits per heavy atom. The van der Waals surface area contributed by atoms with Gasteiger partial charge in [0.25, 0.3) is 0 Å². The molecule has 0 aliphatic heterocycles. The first-order chi connectivity index (χ1) is 9.83. The third kappa shape index (κ3) is 2.59. The van der Waals surface area contributed by atoms with Crippen LogP contribution < -0.4 is 4.74 Å². The van der Waals surface area contributed by atoms with Gasteiger partial charge < -0.3 is 9.26 Å². The van der Waals surface area contributed by atoms with E-state index in [0.29, 0.717) is 5.75 Å². The van der Waals surface area contributed by atoms with Crippen molar-refractivity contribution in [3.63, 3.8) is 0 Å². The Morgan fingerprint density at radius 3 is 2.50 bits per heavy atom. The summed E-state index contributed by atoms with van der Waals surface area (Å²) in [5.41, 5.74) is 2.19. The van der Waals surface area contributed by atoms with E-state index in [0.717, 1.165) is 11.1 Å². The highest BCUT2D eigenvalue weighted by atomic mass is 16.5. The second kappa shape index (κ2) is 5.40. The first-order valence-corrected chi connectivity index (χ1v) is 6.11. The summed E-state index contributed by atoms with van der Waals surface area (Å²) in [7, 11) is 0. The average molecular weight is 265 g/mol. The molecule has 0 amide bonds. The topological polar surface area (TPSA) is 52.3 Å². The van der Waals surface area contributed by atoms with Crippen molar-refractivity contribution in [2.45, 2.75) is 0 Å². The van der Waals surface area contributed by atoms with Crippen molar-refractivity contribution in [2.24, 2.45) is 0 Å². The van der Waals surface area contributed by atoms with E-state index in [-0.39, 0.29) is 5.69 Å². The number of rotatable bonds is 3. The smallest absolute Gasteiger partial charge is 0.365 e. The van der Waals surface area contributed by atoms with Gasteiger partial charge in [0.05, 0.1) is 0 Å². The van der Waals surface area contributed by atoms with Gasteiger partial charge in [-0.15, -0.1) is 0 Å². The predicted molar refractivity (Wildman–Crippen MR) is 73.3 cm³/mol. The zero-order chi connectivity index (χ0) is 13.8. The molecule has 4 heteroatoms. The summed E-state index contributed by atoms with van der Waals surface area (Å²) in [6.45, 7) is 0. The van der Waals surface area contributed by atoms with Crippen LogP contribution in [-0.4, -0.2) is 11.1 Å². The summed E-state index contributed by atoms with van der Waals surface area (Å²) < 4.78 is 9.88. The fraction of sp³-hybridized carbons (Fsp3) is 0. The zero-order valence-corrected chi connectivity index (χ0v) is 10.5. The first kappa shape index (κ1) is 12.2. The Bertz CT molecular complexity index is 706. The van der Waals surface area contributed by atoms with Crippen molar-refractivity contribution >= 4 is 5.97 Å². The molecule has 20 heavy (non-hydrogen) atoms. The highest BCUT2D eigenvalue weighted by Gasteiger charge is 2.12. The number of hydrogen-bond donors (Lipinski definition) is 0. The van der Waals surface area contributed by atoms with Crippen LogP contribution in [0.15, 0.2) is 71.4 Å². The number of esters is 1. The Hall–Kier alpha value is -2.88. The molecule has 0 spiro atoms. The summed E-state index contributed by atoms with van der Waals surface area (Å²) >= 11 is 0. The van der Waals surface area contributed by atoms with Gasteiger partial charge in [-0.1, -0.05) is 47.6 Å². The van der Waals surface area contributed by atoms with Crippen LogP contribution in [0, 0.1) is 0 Å². The van der Waals surface area contributed by atoms with E-state index in [1.807, 2.05) is 48.5 Å². The van der Waals surface area contributed by atoms with Crippen LogP contribution in [0.3, 0.4) is 0 Å². The van der Waals surface area contributed by atoms with Gasteiger partial charge in [-0.2, -0.15) is 0 Å². The maximum absolute atomic E-state index is 11.8. The van der Waals surface area contributed by atoms with E-state index in [1.165, 1.54) is 12.3 Å². The molecular weight excluding hydrogens is 254 g/mol. The molecule has 2 aromatic carbocycles. The van der Waals surface area contributed by atoms with E-state index in [4.69, 9.17) is 4.74 Å². The highest BCUT2D eigenvalue weighted by molar-refractivity contribution is 5.88. The lowest BCUT2D eigenvalue weighted by atomic mass is 10.1. The second-order valence-corrected chi connectivity index (χ2v) is 4.17. The van der Waals surface area contributed by atoms with Crippen LogP contribution in [0.1, 0.15) is 10.5 Å². The molecule has 3 rings (SSSR count). The normalized spacial score (nSPS) is 10.2. The van der Waals surface area contributed by atoms with Gasteiger partial charge in [0.2, 0.25) is 0 Å². The molecule has 0 radical (unpaired) electrons. The number of carbonyl (C=O) groups excluding carboxylic acids is 1. The quantitative estimate of drug-likeness (QED) is 0.536. The molecule has 0 aliphatic rings. The minimum atomic E-state index is -0.538.